The van der Waals surface area contributed by atoms with Crippen LogP contribution in [0.15, 0.2) is 0 Å². The highest BCUT2D eigenvalue weighted by atomic mass is 16.5. The van der Waals surface area contributed by atoms with Crippen LogP contribution in [0.3, 0.4) is 0 Å². The lowest BCUT2D eigenvalue weighted by Crippen LogP contribution is -2.44. The number of hydrogen-bond donors (Lipinski definition) is 1. The number of methoxy groups -OCH3 is 1. The van der Waals surface area contributed by atoms with Crippen molar-refractivity contribution in [1.29, 1.82) is 0 Å². The van der Waals surface area contributed by atoms with Crippen molar-refractivity contribution >= 4 is 5.97 Å². The van der Waals surface area contributed by atoms with Crippen LogP contribution in [-0.4, -0.2) is 31.8 Å². The van der Waals surface area contributed by atoms with Crippen LogP contribution in [0.25, 0.3) is 0 Å². The van der Waals surface area contributed by atoms with E-state index in [2.05, 4.69) is 11.7 Å². The van der Waals surface area contributed by atoms with E-state index in [1.807, 2.05) is 0 Å². The summed E-state index contributed by atoms with van der Waals surface area (Å²) in [5.74, 6) is 0.542. The first-order valence-corrected chi connectivity index (χ1v) is 6.03. The van der Waals surface area contributed by atoms with E-state index in [0.717, 1.165) is 31.6 Å². The van der Waals surface area contributed by atoms with Crippen LogP contribution in [0, 0.1) is 5.92 Å². The lowest BCUT2D eigenvalue weighted by molar-refractivity contribution is -0.144. The fraction of sp³-hybridized carbons (Fsp3) is 0.917. The normalized spacial score (nSPS) is 30.1. The zero-order chi connectivity index (χ0) is 12.0. The lowest BCUT2D eigenvalue weighted by atomic mass is 9.79. The van der Waals surface area contributed by atoms with Crippen LogP contribution >= 0.6 is 0 Å². The molecule has 0 heterocycles. The second-order valence-corrected chi connectivity index (χ2v) is 4.74. The Bertz CT molecular complexity index is 222. The number of rotatable bonds is 5. The van der Waals surface area contributed by atoms with Crippen molar-refractivity contribution in [3.63, 3.8) is 0 Å². The fourth-order valence-electron chi connectivity index (χ4n) is 2.15. The average molecular weight is 229 g/mol. The summed E-state index contributed by atoms with van der Waals surface area (Å²) in [6.07, 6.45) is 4.65. The summed E-state index contributed by atoms with van der Waals surface area (Å²) in [6.45, 7) is 3.22. The highest BCUT2D eigenvalue weighted by molar-refractivity contribution is 5.69. The zero-order valence-electron chi connectivity index (χ0n) is 10.3. The molecule has 0 spiro atoms. The monoisotopic (exact) mass is 229 g/mol. The molecular formula is C12H23NO3. The van der Waals surface area contributed by atoms with Gasteiger partial charge in [0.25, 0.3) is 0 Å². The molecule has 1 saturated carbocycles. The molecule has 2 N–H and O–H groups in total. The Balaban J connectivity index is 2.33. The number of carbonyl (C=O) groups excluding carboxylic acids is 1. The molecule has 1 fully saturated rings. The van der Waals surface area contributed by atoms with Gasteiger partial charge in [0, 0.05) is 6.54 Å². The maximum Gasteiger partial charge on any atom is 0.307 e. The molecule has 0 unspecified atom stereocenters. The van der Waals surface area contributed by atoms with Crippen LogP contribution < -0.4 is 5.73 Å². The minimum atomic E-state index is -0.226. The molecule has 4 heteroatoms. The second-order valence-electron chi connectivity index (χ2n) is 4.74. The van der Waals surface area contributed by atoms with Crippen LogP contribution in [0.4, 0.5) is 0 Å². The van der Waals surface area contributed by atoms with Gasteiger partial charge >= 0.3 is 5.97 Å². The Morgan fingerprint density at radius 1 is 1.44 bits per heavy atom. The van der Waals surface area contributed by atoms with Crippen LogP contribution in [0.1, 0.15) is 39.0 Å². The molecule has 0 saturated heterocycles. The summed E-state index contributed by atoms with van der Waals surface area (Å²) in [5.41, 5.74) is 5.60. The van der Waals surface area contributed by atoms with E-state index >= 15 is 0 Å². The van der Waals surface area contributed by atoms with E-state index in [4.69, 9.17) is 10.5 Å². The molecule has 0 aromatic rings. The molecule has 1 rings (SSSR count). The third-order valence-electron chi connectivity index (χ3n) is 3.50. The molecule has 16 heavy (non-hydrogen) atoms. The predicted molar refractivity (Wildman–Crippen MR) is 62.0 cm³/mol. The lowest BCUT2D eigenvalue weighted by Gasteiger charge is -2.38. The SMILES string of the molecule is COC(=O)CCOC1(CN)CCC(C)CC1. The summed E-state index contributed by atoms with van der Waals surface area (Å²) >= 11 is 0. The third-order valence-corrected chi connectivity index (χ3v) is 3.50. The third kappa shape index (κ3) is 3.76. The van der Waals surface area contributed by atoms with Gasteiger partial charge in [-0.3, -0.25) is 4.79 Å². The summed E-state index contributed by atoms with van der Waals surface area (Å²) < 4.78 is 10.4. The van der Waals surface area contributed by atoms with Crippen molar-refractivity contribution in [2.75, 3.05) is 20.3 Å². The fourth-order valence-corrected chi connectivity index (χ4v) is 2.15. The number of hydrogen-bond acceptors (Lipinski definition) is 4. The van der Waals surface area contributed by atoms with E-state index < -0.39 is 0 Å². The van der Waals surface area contributed by atoms with Gasteiger partial charge in [0.05, 0.1) is 25.7 Å². The Labute approximate surface area is 97.5 Å². The van der Waals surface area contributed by atoms with Crippen LogP contribution in [-0.2, 0) is 14.3 Å². The Morgan fingerprint density at radius 3 is 2.56 bits per heavy atom. The van der Waals surface area contributed by atoms with Gasteiger partial charge in [0.1, 0.15) is 0 Å². The first kappa shape index (κ1) is 13.5. The topological polar surface area (TPSA) is 61.5 Å². The molecule has 1 aliphatic rings. The van der Waals surface area contributed by atoms with E-state index in [1.165, 1.54) is 7.11 Å². The van der Waals surface area contributed by atoms with Crippen molar-refractivity contribution in [1.82, 2.24) is 0 Å². The molecule has 0 atom stereocenters. The van der Waals surface area contributed by atoms with Crippen molar-refractivity contribution in [3.8, 4) is 0 Å². The summed E-state index contributed by atoms with van der Waals surface area (Å²) in [7, 11) is 1.39. The van der Waals surface area contributed by atoms with Crippen molar-refractivity contribution in [2.45, 2.75) is 44.6 Å². The van der Waals surface area contributed by atoms with E-state index in [0.29, 0.717) is 19.6 Å². The molecule has 4 nitrogen and oxygen atoms in total. The second kappa shape index (κ2) is 6.21. The van der Waals surface area contributed by atoms with Gasteiger partial charge in [0.15, 0.2) is 0 Å². The number of ether oxygens (including phenoxy) is 2. The number of carbonyl (C=O) groups is 1. The molecule has 1 aliphatic carbocycles. The largest absolute Gasteiger partial charge is 0.469 e. The van der Waals surface area contributed by atoms with Crippen molar-refractivity contribution in [2.24, 2.45) is 11.7 Å². The minimum Gasteiger partial charge on any atom is -0.469 e. The van der Waals surface area contributed by atoms with Gasteiger partial charge in [0.2, 0.25) is 0 Å². The Hall–Kier alpha value is -0.610. The Kier molecular flexibility index (Phi) is 5.22. The highest BCUT2D eigenvalue weighted by Crippen LogP contribution is 2.34. The predicted octanol–water partition coefficient (Wildman–Crippen LogP) is 1.47. The molecule has 0 aromatic heterocycles. The van der Waals surface area contributed by atoms with Gasteiger partial charge in [-0.1, -0.05) is 6.92 Å². The molecule has 0 radical (unpaired) electrons. The van der Waals surface area contributed by atoms with Gasteiger partial charge in [-0.05, 0) is 31.6 Å². The van der Waals surface area contributed by atoms with Gasteiger partial charge in [-0.2, -0.15) is 0 Å². The summed E-state index contributed by atoms with van der Waals surface area (Å²) in [4.78, 5) is 11.0. The van der Waals surface area contributed by atoms with E-state index in [9.17, 15) is 4.79 Å². The molecule has 0 bridgehead atoms. The van der Waals surface area contributed by atoms with Crippen molar-refractivity contribution in [3.05, 3.63) is 0 Å². The average Bonchev–Trinajstić information content (AvgIpc) is 2.32. The highest BCUT2D eigenvalue weighted by Gasteiger charge is 2.33. The minimum absolute atomic E-state index is 0.194. The molecule has 94 valence electrons. The molecule has 0 aliphatic heterocycles. The summed E-state index contributed by atoms with van der Waals surface area (Å²) in [6, 6.07) is 0. The molecular weight excluding hydrogens is 206 g/mol. The molecule has 0 aromatic carbocycles. The smallest absolute Gasteiger partial charge is 0.307 e. The molecule has 0 amide bonds. The van der Waals surface area contributed by atoms with E-state index in [-0.39, 0.29) is 11.6 Å². The van der Waals surface area contributed by atoms with Gasteiger partial charge in [-0.25, -0.2) is 0 Å². The number of nitrogens with two attached hydrogens (primary N) is 1. The maximum absolute atomic E-state index is 11.0. The zero-order valence-corrected chi connectivity index (χ0v) is 10.3. The van der Waals surface area contributed by atoms with Gasteiger partial charge in [-0.15, -0.1) is 0 Å². The number of esters is 1. The van der Waals surface area contributed by atoms with E-state index in [1.54, 1.807) is 0 Å². The van der Waals surface area contributed by atoms with Crippen LogP contribution in [0.2, 0.25) is 0 Å². The first-order valence-electron chi connectivity index (χ1n) is 6.03. The van der Waals surface area contributed by atoms with Gasteiger partial charge < -0.3 is 15.2 Å². The first-order chi connectivity index (χ1) is 7.62. The van der Waals surface area contributed by atoms with Crippen molar-refractivity contribution < 1.29 is 14.3 Å². The maximum atomic E-state index is 11.0. The summed E-state index contributed by atoms with van der Waals surface area (Å²) in [5, 5.41) is 0. The van der Waals surface area contributed by atoms with Crippen LogP contribution in [0.5, 0.6) is 0 Å². The quantitative estimate of drug-likeness (QED) is 0.725. The Morgan fingerprint density at radius 2 is 2.06 bits per heavy atom. The standard InChI is InChI=1S/C12H23NO3/c1-10-3-6-12(9-13,7-4-10)16-8-5-11(14)15-2/h10H,3-9,13H2,1-2H3.